The first kappa shape index (κ1) is 21.9. The van der Waals surface area contributed by atoms with Crippen LogP contribution in [0.4, 0.5) is 5.69 Å². The van der Waals surface area contributed by atoms with Crippen LogP contribution in [-0.4, -0.2) is 19.0 Å². The van der Waals surface area contributed by atoms with Gasteiger partial charge in [0.25, 0.3) is 5.69 Å². The molecule has 0 saturated heterocycles. The van der Waals surface area contributed by atoms with E-state index in [1.165, 1.54) is 12.1 Å². The van der Waals surface area contributed by atoms with E-state index < -0.39 is 10.5 Å². The molecule has 1 aromatic heterocycles. The Hall–Kier alpha value is -3.77. The number of nitro groups is 1. The van der Waals surface area contributed by atoms with E-state index in [1.54, 1.807) is 12.1 Å². The van der Waals surface area contributed by atoms with Crippen LogP contribution in [0.1, 0.15) is 16.7 Å². The van der Waals surface area contributed by atoms with Crippen LogP contribution in [0.25, 0.3) is 22.1 Å². The van der Waals surface area contributed by atoms with Crippen molar-refractivity contribution in [2.24, 2.45) is 0 Å². The molecule has 0 fully saturated rings. The molecule has 3 aromatic carbocycles. The van der Waals surface area contributed by atoms with Crippen LogP contribution < -0.4 is 10.9 Å². The van der Waals surface area contributed by atoms with E-state index in [2.05, 4.69) is 5.32 Å². The second kappa shape index (κ2) is 9.82. The third-order valence-corrected chi connectivity index (χ3v) is 4.90. The summed E-state index contributed by atoms with van der Waals surface area (Å²) in [5.41, 5.74) is 4.19. The van der Waals surface area contributed by atoms with Crippen molar-refractivity contribution < 1.29 is 9.34 Å². The fraction of sp³-hybridized carbons (Fsp3) is 0.160. The number of benzene rings is 3. The minimum Gasteiger partial charge on any atom is -0.422 e. The standard InChI is InChI=1S/C23H17NO4.C2H7N/c1-15-20-11-10-18(17-7-3-2-4-8-17)14-22(20)28-23(25)21(15)13-16-6-5-9-19(12-16)24(26)27;1-3-2/h2-12,14H,13H2,1H3;3H,1-2H3. The van der Waals surface area contributed by atoms with E-state index in [0.717, 1.165) is 22.1 Å². The highest BCUT2D eigenvalue weighted by Gasteiger charge is 2.14. The highest BCUT2D eigenvalue weighted by atomic mass is 16.6. The topological polar surface area (TPSA) is 85.4 Å². The molecule has 0 radical (unpaired) electrons. The summed E-state index contributed by atoms with van der Waals surface area (Å²) in [5.74, 6) is 0. The summed E-state index contributed by atoms with van der Waals surface area (Å²) in [5, 5.41) is 14.6. The summed E-state index contributed by atoms with van der Waals surface area (Å²) in [6, 6.07) is 22.0. The lowest BCUT2D eigenvalue weighted by atomic mass is 9.97. The second-order valence-electron chi connectivity index (χ2n) is 7.17. The Morgan fingerprint density at radius 3 is 2.32 bits per heavy atom. The first-order chi connectivity index (χ1) is 14.9. The smallest absolute Gasteiger partial charge is 0.340 e. The average molecular weight is 416 g/mol. The Morgan fingerprint density at radius 2 is 1.65 bits per heavy atom. The minimum atomic E-state index is -0.440. The number of hydrogen-bond donors (Lipinski definition) is 1. The summed E-state index contributed by atoms with van der Waals surface area (Å²) in [7, 11) is 3.75. The van der Waals surface area contributed by atoms with Gasteiger partial charge in [-0.15, -0.1) is 0 Å². The normalized spacial score (nSPS) is 10.4. The van der Waals surface area contributed by atoms with Crippen molar-refractivity contribution in [2.45, 2.75) is 13.3 Å². The van der Waals surface area contributed by atoms with Crippen LogP contribution in [0.2, 0.25) is 0 Å². The maximum Gasteiger partial charge on any atom is 0.340 e. The number of rotatable bonds is 4. The zero-order valence-electron chi connectivity index (χ0n) is 17.7. The van der Waals surface area contributed by atoms with Crippen molar-refractivity contribution in [2.75, 3.05) is 14.1 Å². The largest absolute Gasteiger partial charge is 0.422 e. The van der Waals surface area contributed by atoms with Crippen molar-refractivity contribution in [1.82, 2.24) is 5.32 Å². The number of nitrogens with one attached hydrogen (secondary N) is 1. The molecule has 0 aliphatic rings. The summed E-state index contributed by atoms with van der Waals surface area (Å²) in [4.78, 5) is 23.2. The minimum absolute atomic E-state index is 0.00725. The van der Waals surface area contributed by atoms with Crippen LogP contribution >= 0.6 is 0 Å². The first-order valence-electron chi connectivity index (χ1n) is 9.88. The Morgan fingerprint density at radius 1 is 0.935 bits per heavy atom. The van der Waals surface area contributed by atoms with Gasteiger partial charge in [0, 0.05) is 29.5 Å². The van der Waals surface area contributed by atoms with Gasteiger partial charge in [-0.2, -0.15) is 0 Å². The van der Waals surface area contributed by atoms with E-state index in [9.17, 15) is 14.9 Å². The van der Waals surface area contributed by atoms with E-state index >= 15 is 0 Å². The number of hydrogen-bond acceptors (Lipinski definition) is 5. The molecule has 1 N–H and O–H groups in total. The molecule has 6 heteroatoms. The Labute approximate surface area is 180 Å². The molecule has 158 valence electrons. The highest BCUT2D eigenvalue weighted by molar-refractivity contribution is 5.85. The fourth-order valence-corrected chi connectivity index (χ4v) is 3.39. The molecule has 0 atom stereocenters. The summed E-state index contributed by atoms with van der Waals surface area (Å²) in [6.07, 6.45) is 0.284. The van der Waals surface area contributed by atoms with E-state index in [4.69, 9.17) is 4.42 Å². The molecule has 4 rings (SSSR count). The zero-order valence-corrected chi connectivity index (χ0v) is 17.7. The molecule has 0 saturated carbocycles. The van der Waals surface area contributed by atoms with Gasteiger partial charge < -0.3 is 9.73 Å². The van der Waals surface area contributed by atoms with Crippen LogP contribution in [0.3, 0.4) is 0 Å². The van der Waals surface area contributed by atoms with Crippen molar-refractivity contribution in [3.05, 3.63) is 110 Å². The molecule has 0 aliphatic heterocycles. The Bertz CT molecular complexity index is 1260. The van der Waals surface area contributed by atoms with Gasteiger partial charge >= 0.3 is 5.63 Å². The SMILES string of the molecule is CNC.Cc1c(Cc2cccc([N+](=O)[O-])c2)c(=O)oc2cc(-c3ccccc3)ccc12. The predicted molar refractivity (Wildman–Crippen MR) is 124 cm³/mol. The van der Waals surface area contributed by atoms with Gasteiger partial charge in [0.05, 0.1) is 4.92 Å². The lowest BCUT2D eigenvalue weighted by Crippen LogP contribution is -2.11. The molecular formula is C25H24N2O4. The molecule has 31 heavy (non-hydrogen) atoms. The lowest BCUT2D eigenvalue weighted by Gasteiger charge is -2.09. The van der Waals surface area contributed by atoms with Gasteiger partial charge in [0.1, 0.15) is 5.58 Å². The summed E-state index contributed by atoms with van der Waals surface area (Å²) in [6.45, 7) is 1.88. The number of fused-ring (bicyclic) bond motifs is 1. The molecule has 0 aliphatic carbocycles. The Kier molecular flexibility index (Phi) is 6.95. The molecular weight excluding hydrogens is 392 g/mol. The quantitative estimate of drug-likeness (QED) is 0.284. The van der Waals surface area contributed by atoms with Crippen LogP contribution in [0.5, 0.6) is 0 Å². The first-order valence-corrected chi connectivity index (χ1v) is 9.88. The molecule has 0 bridgehead atoms. The van der Waals surface area contributed by atoms with Gasteiger partial charge in [-0.3, -0.25) is 10.1 Å². The summed E-state index contributed by atoms with van der Waals surface area (Å²) < 4.78 is 5.60. The molecule has 0 amide bonds. The molecule has 4 aromatic rings. The van der Waals surface area contributed by atoms with Gasteiger partial charge in [-0.05, 0) is 49.3 Å². The van der Waals surface area contributed by atoms with Gasteiger partial charge in [0.2, 0.25) is 0 Å². The van der Waals surface area contributed by atoms with E-state index in [0.29, 0.717) is 16.7 Å². The monoisotopic (exact) mass is 416 g/mol. The molecule has 0 unspecified atom stereocenters. The van der Waals surface area contributed by atoms with Crippen molar-refractivity contribution in [3.63, 3.8) is 0 Å². The maximum atomic E-state index is 12.6. The van der Waals surface area contributed by atoms with E-state index in [-0.39, 0.29) is 12.1 Å². The van der Waals surface area contributed by atoms with Gasteiger partial charge in [-0.1, -0.05) is 54.6 Å². The van der Waals surface area contributed by atoms with Gasteiger partial charge in [0.15, 0.2) is 0 Å². The zero-order chi connectivity index (χ0) is 22.4. The second-order valence-corrected chi connectivity index (χ2v) is 7.17. The molecule has 6 nitrogen and oxygen atoms in total. The van der Waals surface area contributed by atoms with Crippen LogP contribution in [0.15, 0.2) is 82.0 Å². The van der Waals surface area contributed by atoms with Crippen molar-refractivity contribution >= 4 is 16.7 Å². The predicted octanol–water partition coefficient (Wildman–Crippen LogP) is 5.10. The average Bonchev–Trinajstić information content (AvgIpc) is 2.77. The van der Waals surface area contributed by atoms with Gasteiger partial charge in [-0.25, -0.2) is 4.79 Å². The summed E-state index contributed by atoms with van der Waals surface area (Å²) >= 11 is 0. The highest BCUT2D eigenvalue weighted by Crippen LogP contribution is 2.27. The van der Waals surface area contributed by atoms with E-state index in [1.807, 2.05) is 69.6 Å². The fourth-order valence-electron chi connectivity index (χ4n) is 3.39. The number of nitrogens with zero attached hydrogens (tertiary/aromatic N) is 1. The van der Waals surface area contributed by atoms with Crippen LogP contribution in [0, 0.1) is 17.0 Å². The molecule has 1 heterocycles. The third kappa shape index (κ3) is 5.05. The lowest BCUT2D eigenvalue weighted by molar-refractivity contribution is -0.384. The van der Waals surface area contributed by atoms with Crippen LogP contribution in [-0.2, 0) is 6.42 Å². The van der Waals surface area contributed by atoms with Crippen molar-refractivity contribution in [3.8, 4) is 11.1 Å². The number of aryl methyl sites for hydroxylation is 1. The number of nitro benzene ring substituents is 1. The third-order valence-electron chi connectivity index (χ3n) is 4.90. The van der Waals surface area contributed by atoms with Crippen molar-refractivity contribution in [1.29, 1.82) is 0 Å². The maximum absolute atomic E-state index is 12.6. The Balaban J connectivity index is 0.000000858. The number of non-ortho nitro benzene ring substituents is 1. The molecule has 0 spiro atoms.